The first-order valence-electron chi connectivity index (χ1n) is 3.96. The molecule has 1 radical (unpaired) electrons. The van der Waals surface area contributed by atoms with Crippen molar-refractivity contribution < 1.29 is 0 Å². The molecule has 0 aliphatic carbocycles. The zero-order valence-corrected chi connectivity index (χ0v) is 6.72. The molecular weight excluding hydrogens is 134 g/mol. The van der Waals surface area contributed by atoms with Gasteiger partial charge in [-0.25, -0.2) is 0 Å². The van der Waals surface area contributed by atoms with E-state index in [-0.39, 0.29) is 0 Å². The highest BCUT2D eigenvalue weighted by Crippen LogP contribution is 2.09. The predicted octanol–water partition coefficient (Wildman–Crippen LogP) is 2.43. The van der Waals surface area contributed by atoms with Crippen LogP contribution in [-0.2, 0) is 6.42 Å². The van der Waals surface area contributed by atoms with E-state index in [1.807, 2.05) is 18.2 Å². The maximum atomic E-state index is 5.61. The molecule has 1 nitrogen and oxygen atoms in total. The molecule has 2 N–H and O–H groups in total. The Morgan fingerprint density at radius 2 is 2.18 bits per heavy atom. The van der Waals surface area contributed by atoms with Crippen molar-refractivity contribution in [2.45, 2.75) is 19.3 Å². The number of hydrogen-bond donors (Lipinski definition) is 1. The van der Waals surface area contributed by atoms with Crippen LogP contribution in [0.1, 0.15) is 18.4 Å². The van der Waals surface area contributed by atoms with Crippen molar-refractivity contribution in [2.75, 3.05) is 5.73 Å². The summed E-state index contributed by atoms with van der Waals surface area (Å²) in [4.78, 5) is 0. The van der Waals surface area contributed by atoms with Crippen LogP contribution >= 0.6 is 0 Å². The van der Waals surface area contributed by atoms with Gasteiger partial charge in [0.1, 0.15) is 0 Å². The van der Waals surface area contributed by atoms with Crippen molar-refractivity contribution in [3.05, 3.63) is 36.8 Å². The van der Waals surface area contributed by atoms with Crippen molar-refractivity contribution >= 4 is 5.69 Å². The smallest absolute Gasteiger partial charge is 0.0316 e. The van der Waals surface area contributed by atoms with E-state index in [0.717, 1.165) is 24.9 Å². The summed E-state index contributed by atoms with van der Waals surface area (Å²) in [6.45, 7) is 3.79. The molecule has 0 saturated carbocycles. The van der Waals surface area contributed by atoms with E-state index < -0.39 is 0 Å². The van der Waals surface area contributed by atoms with Crippen LogP contribution in [-0.4, -0.2) is 0 Å². The van der Waals surface area contributed by atoms with Crippen LogP contribution < -0.4 is 5.73 Å². The second kappa shape index (κ2) is 4.02. The summed E-state index contributed by atoms with van der Waals surface area (Å²) in [7, 11) is 0. The normalized spacial score (nSPS) is 9.91. The van der Waals surface area contributed by atoms with Gasteiger partial charge in [-0.1, -0.05) is 25.5 Å². The molecule has 0 spiro atoms. The van der Waals surface area contributed by atoms with Crippen LogP contribution in [0.15, 0.2) is 24.3 Å². The summed E-state index contributed by atoms with van der Waals surface area (Å²) < 4.78 is 0. The van der Waals surface area contributed by atoms with Crippen LogP contribution in [0, 0.1) is 6.92 Å². The number of anilines is 1. The van der Waals surface area contributed by atoms with Crippen molar-refractivity contribution in [3.8, 4) is 0 Å². The zero-order valence-electron chi connectivity index (χ0n) is 6.72. The van der Waals surface area contributed by atoms with Gasteiger partial charge in [0.05, 0.1) is 0 Å². The molecule has 1 aromatic rings. The highest BCUT2D eigenvalue weighted by atomic mass is 14.5. The largest absolute Gasteiger partial charge is 0.399 e. The predicted molar refractivity (Wildman–Crippen MR) is 49.1 cm³/mol. The number of nitrogen functional groups attached to an aromatic ring is 1. The third-order valence-corrected chi connectivity index (χ3v) is 1.67. The maximum absolute atomic E-state index is 5.61. The Kier molecular flexibility index (Phi) is 2.96. The molecule has 0 heterocycles. The van der Waals surface area contributed by atoms with Gasteiger partial charge in [-0.3, -0.25) is 0 Å². The lowest BCUT2D eigenvalue weighted by Gasteiger charge is -1.99. The third-order valence-electron chi connectivity index (χ3n) is 1.67. The standard InChI is InChI=1S/C10H14N/c1-2-3-5-9-6-4-7-10(11)8-9/h4,6-8H,1-3,5,11H2. The Balaban J connectivity index is 2.56. The fraction of sp³-hybridized carbons (Fsp3) is 0.300. The summed E-state index contributed by atoms with van der Waals surface area (Å²) in [6, 6.07) is 8.03. The lowest BCUT2D eigenvalue weighted by molar-refractivity contribution is 0.841. The summed E-state index contributed by atoms with van der Waals surface area (Å²) in [6.07, 6.45) is 3.23. The summed E-state index contributed by atoms with van der Waals surface area (Å²) in [5, 5.41) is 0. The minimum Gasteiger partial charge on any atom is -0.399 e. The van der Waals surface area contributed by atoms with Crippen LogP contribution in [0.25, 0.3) is 0 Å². The fourth-order valence-corrected chi connectivity index (χ4v) is 1.08. The van der Waals surface area contributed by atoms with Crippen LogP contribution in [0.2, 0.25) is 0 Å². The van der Waals surface area contributed by atoms with Crippen LogP contribution in [0.5, 0.6) is 0 Å². The van der Waals surface area contributed by atoms with Gasteiger partial charge in [0.25, 0.3) is 0 Å². The van der Waals surface area contributed by atoms with Gasteiger partial charge >= 0.3 is 0 Å². The number of rotatable bonds is 3. The van der Waals surface area contributed by atoms with Crippen molar-refractivity contribution in [2.24, 2.45) is 0 Å². The van der Waals surface area contributed by atoms with E-state index in [9.17, 15) is 0 Å². The molecule has 0 saturated heterocycles. The topological polar surface area (TPSA) is 26.0 Å². The monoisotopic (exact) mass is 148 g/mol. The first kappa shape index (κ1) is 8.12. The number of hydrogen-bond acceptors (Lipinski definition) is 1. The fourth-order valence-electron chi connectivity index (χ4n) is 1.08. The van der Waals surface area contributed by atoms with Gasteiger partial charge < -0.3 is 5.73 Å². The first-order valence-corrected chi connectivity index (χ1v) is 3.96. The van der Waals surface area contributed by atoms with Crippen molar-refractivity contribution in [1.29, 1.82) is 0 Å². The molecule has 0 amide bonds. The van der Waals surface area contributed by atoms with E-state index in [1.165, 1.54) is 5.56 Å². The number of nitrogens with two attached hydrogens (primary N) is 1. The minimum absolute atomic E-state index is 0.853. The Labute approximate surface area is 68.2 Å². The van der Waals surface area contributed by atoms with Crippen LogP contribution in [0.4, 0.5) is 5.69 Å². The number of unbranched alkanes of at least 4 members (excludes halogenated alkanes) is 1. The average molecular weight is 148 g/mol. The second-order valence-corrected chi connectivity index (χ2v) is 2.70. The third kappa shape index (κ3) is 2.62. The molecule has 0 atom stereocenters. The highest BCUT2D eigenvalue weighted by molar-refractivity contribution is 5.40. The Morgan fingerprint density at radius 1 is 1.36 bits per heavy atom. The molecule has 11 heavy (non-hydrogen) atoms. The molecule has 0 bridgehead atoms. The number of benzene rings is 1. The summed E-state index contributed by atoms with van der Waals surface area (Å²) in [5.41, 5.74) is 7.78. The van der Waals surface area contributed by atoms with Gasteiger partial charge in [-0.05, 0) is 30.5 Å². The van der Waals surface area contributed by atoms with E-state index in [0.29, 0.717) is 0 Å². The van der Waals surface area contributed by atoms with Gasteiger partial charge in [-0.15, -0.1) is 0 Å². The molecule has 1 rings (SSSR count). The van der Waals surface area contributed by atoms with Crippen molar-refractivity contribution in [3.63, 3.8) is 0 Å². The Hall–Kier alpha value is -0.980. The quantitative estimate of drug-likeness (QED) is 0.654. The Morgan fingerprint density at radius 3 is 2.82 bits per heavy atom. The van der Waals surface area contributed by atoms with Gasteiger partial charge in [0.2, 0.25) is 0 Å². The SMILES string of the molecule is [CH2]CCCc1cccc(N)c1. The van der Waals surface area contributed by atoms with E-state index in [4.69, 9.17) is 5.73 Å². The molecular formula is C10H14N. The lowest BCUT2D eigenvalue weighted by atomic mass is 10.1. The molecule has 0 fully saturated rings. The molecule has 0 aliphatic heterocycles. The summed E-state index contributed by atoms with van der Waals surface area (Å²) >= 11 is 0. The molecule has 0 aromatic heterocycles. The summed E-state index contributed by atoms with van der Waals surface area (Å²) in [5.74, 6) is 0. The van der Waals surface area contributed by atoms with E-state index >= 15 is 0 Å². The second-order valence-electron chi connectivity index (χ2n) is 2.70. The highest BCUT2D eigenvalue weighted by Gasteiger charge is 1.91. The minimum atomic E-state index is 0.853. The van der Waals surface area contributed by atoms with Gasteiger partial charge in [0, 0.05) is 5.69 Å². The number of aryl methyl sites for hydroxylation is 1. The van der Waals surface area contributed by atoms with E-state index in [2.05, 4.69) is 13.0 Å². The van der Waals surface area contributed by atoms with Gasteiger partial charge in [-0.2, -0.15) is 0 Å². The Bertz CT molecular complexity index is 218. The first-order chi connectivity index (χ1) is 5.33. The molecule has 59 valence electrons. The molecule has 0 unspecified atom stereocenters. The maximum Gasteiger partial charge on any atom is 0.0316 e. The van der Waals surface area contributed by atoms with Crippen LogP contribution in [0.3, 0.4) is 0 Å². The zero-order chi connectivity index (χ0) is 8.10. The average Bonchev–Trinajstić information content (AvgIpc) is 2.01. The molecule has 0 aliphatic rings. The van der Waals surface area contributed by atoms with Gasteiger partial charge in [0.15, 0.2) is 0 Å². The molecule has 1 aromatic carbocycles. The van der Waals surface area contributed by atoms with E-state index in [1.54, 1.807) is 0 Å². The lowest BCUT2D eigenvalue weighted by Crippen LogP contribution is -1.88. The molecule has 1 heteroatoms. The van der Waals surface area contributed by atoms with Crippen molar-refractivity contribution in [1.82, 2.24) is 0 Å².